The van der Waals surface area contributed by atoms with Gasteiger partial charge < -0.3 is 15.2 Å². The molecule has 3 aromatic rings. The Morgan fingerprint density at radius 3 is 2.59 bits per heavy atom. The van der Waals surface area contributed by atoms with Gasteiger partial charge in [0.15, 0.2) is 11.5 Å². The fourth-order valence-corrected chi connectivity index (χ4v) is 4.53. The van der Waals surface area contributed by atoms with E-state index >= 15 is 0 Å². The van der Waals surface area contributed by atoms with E-state index < -0.39 is 15.9 Å². The molecule has 4 heterocycles. The molecule has 142 valence electrons. The number of carbonyl (C=O) groups is 1. The molecule has 12 nitrogen and oxygen atoms in total. The number of amides is 1. The van der Waals surface area contributed by atoms with Gasteiger partial charge in [-0.05, 0) is 28.6 Å². The highest BCUT2D eigenvalue weighted by Crippen LogP contribution is 2.21. The molecule has 27 heavy (non-hydrogen) atoms. The molecule has 1 amide bonds. The van der Waals surface area contributed by atoms with E-state index in [1.807, 2.05) is 4.90 Å². The lowest BCUT2D eigenvalue weighted by atomic mass is 10.3. The molecule has 0 saturated carbocycles. The van der Waals surface area contributed by atoms with Crippen LogP contribution in [0, 0.1) is 0 Å². The lowest BCUT2D eigenvalue weighted by Crippen LogP contribution is -2.49. The van der Waals surface area contributed by atoms with Crippen LogP contribution in [-0.4, -0.2) is 74.6 Å². The molecular formula is C14H17N9O3S. The number of hydrogen-bond donors (Lipinski definition) is 1. The Morgan fingerprint density at radius 2 is 1.93 bits per heavy atom. The average molecular weight is 391 g/mol. The molecule has 3 aromatic heterocycles. The van der Waals surface area contributed by atoms with Crippen molar-refractivity contribution < 1.29 is 13.2 Å². The van der Waals surface area contributed by atoms with Crippen LogP contribution in [0.2, 0.25) is 0 Å². The molecule has 1 aliphatic heterocycles. The maximum Gasteiger partial charge on any atom is 0.265 e. The maximum atomic E-state index is 12.9. The second-order valence-electron chi connectivity index (χ2n) is 6.15. The van der Waals surface area contributed by atoms with E-state index in [-0.39, 0.29) is 10.6 Å². The topological polar surface area (TPSA) is 145 Å². The third-order valence-electron chi connectivity index (χ3n) is 4.49. The molecule has 1 aliphatic rings. The highest BCUT2D eigenvalue weighted by Gasteiger charge is 2.30. The van der Waals surface area contributed by atoms with Crippen molar-refractivity contribution in [3.8, 4) is 0 Å². The van der Waals surface area contributed by atoms with Gasteiger partial charge in [-0.3, -0.25) is 4.79 Å². The van der Waals surface area contributed by atoms with Crippen molar-refractivity contribution in [2.45, 2.75) is 4.90 Å². The number of piperazine rings is 1. The molecule has 0 aliphatic carbocycles. The van der Waals surface area contributed by atoms with Crippen LogP contribution in [0.25, 0.3) is 5.65 Å². The summed E-state index contributed by atoms with van der Waals surface area (Å²) in [6.07, 6.45) is 1.40. The number of rotatable bonds is 4. The van der Waals surface area contributed by atoms with Crippen LogP contribution in [0.1, 0.15) is 10.5 Å². The van der Waals surface area contributed by atoms with E-state index in [4.69, 9.17) is 5.73 Å². The zero-order chi connectivity index (χ0) is 19.2. The molecule has 0 spiro atoms. The van der Waals surface area contributed by atoms with Gasteiger partial charge in [-0.25, -0.2) is 8.42 Å². The number of fused-ring (bicyclic) bond motifs is 1. The second-order valence-corrected chi connectivity index (χ2v) is 8.08. The van der Waals surface area contributed by atoms with Crippen LogP contribution in [0.5, 0.6) is 0 Å². The van der Waals surface area contributed by atoms with Crippen molar-refractivity contribution in [2.75, 3.05) is 31.1 Å². The summed E-state index contributed by atoms with van der Waals surface area (Å²) < 4.78 is 29.8. The van der Waals surface area contributed by atoms with Gasteiger partial charge in [0.1, 0.15) is 10.6 Å². The van der Waals surface area contributed by atoms with Gasteiger partial charge in [-0.1, -0.05) is 0 Å². The highest BCUT2D eigenvalue weighted by atomic mass is 32.2. The van der Waals surface area contributed by atoms with E-state index in [2.05, 4.69) is 20.6 Å². The SMILES string of the molecule is Cn1cc(S(=O)(=O)N2CCN(c3ccc4nnnn4n3)CC2)cc1C(N)=O. The lowest BCUT2D eigenvalue weighted by Gasteiger charge is -2.34. The van der Waals surface area contributed by atoms with Gasteiger partial charge in [-0.2, -0.15) is 4.31 Å². The molecule has 0 unspecified atom stereocenters. The summed E-state index contributed by atoms with van der Waals surface area (Å²) in [4.78, 5) is 13.4. The molecule has 2 N–H and O–H groups in total. The van der Waals surface area contributed by atoms with Crippen LogP contribution < -0.4 is 10.6 Å². The summed E-state index contributed by atoms with van der Waals surface area (Å²) in [7, 11) is -2.13. The molecule has 0 radical (unpaired) electrons. The first-order chi connectivity index (χ1) is 12.9. The summed E-state index contributed by atoms with van der Waals surface area (Å²) in [5.41, 5.74) is 5.95. The van der Waals surface area contributed by atoms with Crippen molar-refractivity contribution >= 4 is 27.4 Å². The quantitative estimate of drug-likeness (QED) is 0.564. The molecule has 0 atom stereocenters. The first kappa shape index (κ1) is 17.4. The monoisotopic (exact) mass is 391 g/mol. The number of carbonyl (C=O) groups excluding carboxylic acids is 1. The summed E-state index contributed by atoms with van der Waals surface area (Å²) >= 11 is 0. The predicted molar refractivity (Wildman–Crippen MR) is 93.5 cm³/mol. The fourth-order valence-electron chi connectivity index (χ4n) is 3.04. The summed E-state index contributed by atoms with van der Waals surface area (Å²) in [5, 5.41) is 15.4. The number of aryl methyl sites for hydroxylation is 1. The Hall–Kier alpha value is -3.06. The van der Waals surface area contributed by atoms with Gasteiger partial charge in [0, 0.05) is 39.4 Å². The fraction of sp³-hybridized carbons (Fsp3) is 0.357. The predicted octanol–water partition coefficient (Wildman–Crippen LogP) is -1.53. The van der Waals surface area contributed by atoms with E-state index in [0.717, 1.165) is 0 Å². The van der Waals surface area contributed by atoms with Gasteiger partial charge in [0.25, 0.3) is 5.91 Å². The average Bonchev–Trinajstić information content (AvgIpc) is 3.27. The minimum atomic E-state index is -3.71. The number of nitrogens with two attached hydrogens (primary N) is 1. The molecule has 0 aromatic carbocycles. The number of nitrogens with zero attached hydrogens (tertiary/aromatic N) is 8. The normalized spacial score (nSPS) is 16.1. The first-order valence-electron chi connectivity index (χ1n) is 8.13. The number of primary amides is 1. The van der Waals surface area contributed by atoms with Crippen LogP contribution in [0.15, 0.2) is 29.3 Å². The van der Waals surface area contributed by atoms with Crippen LogP contribution in [0.3, 0.4) is 0 Å². The molecule has 13 heteroatoms. The number of tetrazole rings is 1. The lowest BCUT2D eigenvalue weighted by molar-refractivity contribution is 0.0992. The number of hydrogen-bond acceptors (Lipinski definition) is 8. The third-order valence-corrected chi connectivity index (χ3v) is 6.35. The molecule has 1 saturated heterocycles. The summed E-state index contributed by atoms with van der Waals surface area (Å²) in [5.74, 6) is -0.00425. The molecule has 1 fully saturated rings. The summed E-state index contributed by atoms with van der Waals surface area (Å²) in [6, 6.07) is 4.85. The van der Waals surface area contributed by atoms with Crippen LogP contribution >= 0.6 is 0 Å². The van der Waals surface area contributed by atoms with E-state index in [0.29, 0.717) is 37.6 Å². The smallest absolute Gasteiger partial charge is 0.265 e. The van der Waals surface area contributed by atoms with Crippen LogP contribution in [-0.2, 0) is 17.1 Å². The van der Waals surface area contributed by atoms with E-state index in [9.17, 15) is 13.2 Å². The highest BCUT2D eigenvalue weighted by molar-refractivity contribution is 7.89. The number of aromatic nitrogens is 6. The van der Waals surface area contributed by atoms with Crippen LogP contribution in [0.4, 0.5) is 5.82 Å². The van der Waals surface area contributed by atoms with E-state index in [1.165, 1.54) is 25.8 Å². The van der Waals surface area contributed by atoms with Gasteiger partial charge in [0.05, 0.1) is 0 Å². The van der Waals surface area contributed by atoms with Crippen molar-refractivity contribution in [3.05, 3.63) is 30.1 Å². The largest absolute Gasteiger partial charge is 0.364 e. The Labute approximate surface area is 154 Å². The van der Waals surface area contributed by atoms with Gasteiger partial charge in [0.2, 0.25) is 10.0 Å². The summed E-state index contributed by atoms with van der Waals surface area (Å²) in [6.45, 7) is 1.52. The second kappa shape index (κ2) is 6.28. The van der Waals surface area contributed by atoms with Crippen molar-refractivity contribution in [3.63, 3.8) is 0 Å². The zero-order valence-electron chi connectivity index (χ0n) is 14.4. The minimum Gasteiger partial charge on any atom is -0.364 e. The van der Waals surface area contributed by atoms with Crippen molar-refractivity contribution in [1.29, 1.82) is 0 Å². The standard InChI is InChI=1S/C14H17N9O3S/c1-20-9-10(8-11(20)14(15)24)27(25,26)22-6-4-21(5-7-22)13-3-2-12-16-18-19-23(12)17-13/h2-3,8-9H,4-7H2,1H3,(H2,15,24). The number of sulfonamides is 1. The zero-order valence-corrected chi connectivity index (χ0v) is 15.2. The third kappa shape index (κ3) is 3.00. The molecule has 4 rings (SSSR count). The van der Waals surface area contributed by atoms with Crippen molar-refractivity contribution in [1.82, 2.24) is 34.1 Å². The minimum absolute atomic E-state index is 0.0560. The Morgan fingerprint density at radius 1 is 1.19 bits per heavy atom. The Bertz CT molecular complexity index is 1110. The van der Waals surface area contributed by atoms with Crippen molar-refractivity contribution in [2.24, 2.45) is 12.8 Å². The first-order valence-corrected chi connectivity index (χ1v) is 9.57. The maximum absolute atomic E-state index is 12.9. The van der Waals surface area contributed by atoms with Gasteiger partial charge in [-0.15, -0.1) is 14.8 Å². The van der Waals surface area contributed by atoms with Gasteiger partial charge >= 0.3 is 0 Å². The molecular weight excluding hydrogens is 374 g/mol. The van der Waals surface area contributed by atoms with E-state index in [1.54, 1.807) is 19.2 Å². The molecule has 0 bridgehead atoms. The Kier molecular flexibility index (Phi) is 4.04. The number of anilines is 1. The Balaban J connectivity index is 1.51.